The van der Waals surface area contributed by atoms with E-state index in [0.717, 1.165) is 90.8 Å². The van der Waals surface area contributed by atoms with Gasteiger partial charge in [0.05, 0.1) is 23.3 Å². The molecular weight excluding hydrogens is 999 g/mol. The van der Waals surface area contributed by atoms with Gasteiger partial charge in [-0.3, -0.25) is 19.4 Å². The number of amides is 1. The van der Waals surface area contributed by atoms with Crippen LogP contribution in [0.1, 0.15) is 103 Å². The number of nitrogens with two attached hydrogens (primary N) is 1. The Morgan fingerprint density at radius 2 is 1.06 bits per heavy atom. The second kappa shape index (κ2) is 28.7. The van der Waals surface area contributed by atoms with Gasteiger partial charge >= 0.3 is 0 Å². The number of Topliss-reactive ketones (excluding diaryl/α,β-unsaturated/α-hetero) is 1. The fourth-order valence-corrected chi connectivity index (χ4v) is 9.31. The monoisotopic (exact) mass is 1060 g/mol. The van der Waals surface area contributed by atoms with Crippen LogP contribution in [0.2, 0.25) is 0 Å². The van der Waals surface area contributed by atoms with Crippen LogP contribution in [-0.4, -0.2) is 76.7 Å². The van der Waals surface area contributed by atoms with Crippen molar-refractivity contribution in [3.8, 4) is 12.1 Å². The van der Waals surface area contributed by atoms with Crippen molar-refractivity contribution in [2.24, 2.45) is 5.73 Å². The Morgan fingerprint density at radius 3 is 1.51 bits per heavy atom. The lowest BCUT2D eigenvalue weighted by Crippen LogP contribution is -2.43. The molecule has 0 aliphatic carbocycles. The van der Waals surface area contributed by atoms with Crippen LogP contribution in [-0.2, 0) is 13.1 Å². The Kier molecular flexibility index (Phi) is 22.5. The normalized spacial score (nSPS) is 14.1. The van der Waals surface area contributed by atoms with Gasteiger partial charge < -0.3 is 15.5 Å². The van der Waals surface area contributed by atoms with Gasteiger partial charge in [-0.15, -0.1) is 0 Å². The predicted octanol–water partition coefficient (Wildman–Crippen LogP) is 13.2. The largest absolute Gasteiger partial charge is 0.338 e. The van der Waals surface area contributed by atoms with Crippen LogP contribution in [0.3, 0.4) is 0 Å². The summed E-state index contributed by atoms with van der Waals surface area (Å²) in [6.07, 6.45) is 4.34. The Bertz CT molecular complexity index is 2590. The van der Waals surface area contributed by atoms with Crippen molar-refractivity contribution in [2.75, 3.05) is 31.1 Å². The lowest BCUT2D eigenvalue weighted by atomic mass is 9.99. The summed E-state index contributed by atoms with van der Waals surface area (Å²) in [4.78, 5) is 33.2. The SMILES string of the molecule is CC(=O)c1ccc(Br)cc1.CC(C)N(C(=O)c1ccc(N(c2cccc(C#N)c2)C2CCN(Cc3ccccc3)CC2)cc1)C(C)C.N#Cc1cccc(Br)c1.NC1CCN(Cc2ccccc2)CC1. The molecule has 0 radical (unpaired) electrons. The molecule has 0 atom stereocenters. The number of ketones is 1. The number of anilines is 2. The summed E-state index contributed by atoms with van der Waals surface area (Å²) in [5, 5.41) is 17.9. The first-order valence-electron chi connectivity index (χ1n) is 24.2. The summed E-state index contributed by atoms with van der Waals surface area (Å²) in [6, 6.07) is 57.1. The van der Waals surface area contributed by atoms with Crippen molar-refractivity contribution < 1.29 is 9.59 Å². The molecule has 2 N–H and O–H groups in total. The maximum absolute atomic E-state index is 13.2. The minimum Gasteiger partial charge on any atom is -0.338 e. The second-order valence-electron chi connectivity index (χ2n) is 18.3. The van der Waals surface area contributed by atoms with Crippen LogP contribution in [0.4, 0.5) is 11.4 Å². The van der Waals surface area contributed by atoms with Crippen LogP contribution < -0.4 is 10.6 Å². The number of carbonyl (C=O) groups excluding carboxylic acids is 2. The Hall–Kier alpha value is -5.92. The minimum absolute atomic E-state index is 0.0591. The standard InChI is InChI=1S/C32H38N4O.C12H18N2.C8H7BrO.C7H4BrN/c1-24(2)35(25(3)4)32(37)28-13-15-29(16-14-28)36(31-12-8-11-27(21-31)22-33)30-17-19-34(20-18-30)23-26-9-6-5-7-10-26;13-12-6-8-14(9-7-12)10-11-4-2-1-3-5-11;1-6(10)7-2-4-8(9)5-3-7;8-7-3-1-2-6(4-7)5-9/h5-16,21,24-25,30H,17-20,23H2,1-4H3;1-5,12H,6-10,13H2;2-5H,1H3;1-4H. The van der Waals surface area contributed by atoms with E-state index in [2.05, 4.69) is 159 Å². The highest BCUT2D eigenvalue weighted by Gasteiger charge is 2.28. The molecule has 0 aromatic heterocycles. The highest BCUT2D eigenvalue weighted by molar-refractivity contribution is 9.10. The molecule has 8 rings (SSSR count). The molecular formula is C59H67Br2N7O2. The molecule has 1 amide bonds. The van der Waals surface area contributed by atoms with Crippen molar-refractivity contribution in [3.05, 3.63) is 200 Å². The number of nitrogens with zero attached hydrogens (tertiary/aromatic N) is 6. The molecule has 6 aromatic rings. The minimum atomic E-state index is 0.0591. The lowest BCUT2D eigenvalue weighted by molar-refractivity contribution is 0.0643. The lowest BCUT2D eigenvalue weighted by Gasteiger charge is -2.40. The summed E-state index contributed by atoms with van der Waals surface area (Å²) in [7, 11) is 0. The zero-order valence-electron chi connectivity index (χ0n) is 41.2. The van der Waals surface area contributed by atoms with Gasteiger partial charge in [0, 0.05) is 81.8 Å². The quantitative estimate of drug-likeness (QED) is 0.127. The first-order valence-corrected chi connectivity index (χ1v) is 25.8. The van der Waals surface area contributed by atoms with Gasteiger partial charge in [-0.2, -0.15) is 10.5 Å². The van der Waals surface area contributed by atoms with E-state index in [1.54, 1.807) is 31.2 Å². The van der Waals surface area contributed by atoms with Crippen molar-refractivity contribution >= 4 is 54.9 Å². The number of rotatable bonds is 11. The number of hydrogen-bond donors (Lipinski definition) is 1. The summed E-state index contributed by atoms with van der Waals surface area (Å²) >= 11 is 6.54. The molecule has 0 saturated carbocycles. The maximum atomic E-state index is 13.2. The molecule has 11 heteroatoms. The number of halogens is 2. The molecule has 2 heterocycles. The van der Waals surface area contributed by atoms with E-state index in [0.29, 0.717) is 28.8 Å². The van der Waals surface area contributed by atoms with E-state index in [1.807, 2.05) is 65.6 Å². The Morgan fingerprint density at radius 1 is 0.586 bits per heavy atom. The Labute approximate surface area is 433 Å². The number of nitriles is 2. The Balaban J connectivity index is 0.000000221. The first kappa shape index (κ1) is 55.0. The zero-order valence-corrected chi connectivity index (χ0v) is 44.4. The van der Waals surface area contributed by atoms with Crippen LogP contribution in [0, 0.1) is 22.7 Å². The van der Waals surface area contributed by atoms with Gasteiger partial charge in [-0.25, -0.2) is 0 Å². The van der Waals surface area contributed by atoms with Gasteiger partial charge in [0.25, 0.3) is 5.91 Å². The number of benzene rings is 6. The van der Waals surface area contributed by atoms with Crippen molar-refractivity contribution in [1.82, 2.24) is 14.7 Å². The number of hydrogen-bond acceptors (Lipinski definition) is 8. The van der Waals surface area contributed by atoms with Gasteiger partial charge in [0.2, 0.25) is 0 Å². The number of likely N-dealkylation sites (tertiary alicyclic amines) is 2. The molecule has 2 aliphatic heterocycles. The van der Waals surface area contributed by atoms with Crippen molar-refractivity contribution in [2.45, 2.75) is 97.6 Å². The van der Waals surface area contributed by atoms with E-state index in [9.17, 15) is 14.9 Å². The third-order valence-corrected chi connectivity index (χ3v) is 13.3. The fraction of sp³-hybridized carbons (Fsp3) is 0.322. The van der Waals surface area contributed by atoms with E-state index >= 15 is 0 Å². The average Bonchev–Trinajstić information content (AvgIpc) is 3.37. The van der Waals surface area contributed by atoms with Crippen LogP contribution in [0.5, 0.6) is 0 Å². The van der Waals surface area contributed by atoms with Crippen LogP contribution >= 0.6 is 31.9 Å². The molecule has 0 spiro atoms. The highest BCUT2D eigenvalue weighted by atomic mass is 79.9. The number of piperidine rings is 2. The van der Waals surface area contributed by atoms with Crippen LogP contribution in [0.25, 0.3) is 0 Å². The molecule has 9 nitrogen and oxygen atoms in total. The summed E-state index contributed by atoms with van der Waals surface area (Å²) < 4.78 is 1.94. The fourth-order valence-electron chi connectivity index (χ4n) is 8.65. The summed E-state index contributed by atoms with van der Waals surface area (Å²) in [5.74, 6) is 0.163. The second-order valence-corrected chi connectivity index (χ2v) is 20.1. The van der Waals surface area contributed by atoms with Gasteiger partial charge in [-0.1, -0.05) is 117 Å². The van der Waals surface area contributed by atoms with E-state index in [4.69, 9.17) is 11.0 Å². The molecule has 2 aliphatic rings. The summed E-state index contributed by atoms with van der Waals surface area (Å²) in [5.41, 5.74) is 13.5. The van der Waals surface area contributed by atoms with Crippen LogP contribution in [0.15, 0.2) is 167 Å². The first-order chi connectivity index (χ1) is 33.7. The molecule has 2 fully saturated rings. The maximum Gasteiger partial charge on any atom is 0.254 e. The summed E-state index contributed by atoms with van der Waals surface area (Å²) in [6.45, 7) is 16.2. The third-order valence-electron chi connectivity index (χ3n) is 12.3. The zero-order chi connectivity index (χ0) is 50.4. The smallest absolute Gasteiger partial charge is 0.254 e. The van der Waals surface area contributed by atoms with E-state index in [1.165, 1.54) is 11.1 Å². The highest BCUT2D eigenvalue weighted by Crippen LogP contribution is 2.33. The molecule has 364 valence electrons. The van der Waals surface area contributed by atoms with Gasteiger partial charge in [-0.05, 0) is 157 Å². The van der Waals surface area contributed by atoms with Gasteiger partial charge in [0.1, 0.15) is 0 Å². The van der Waals surface area contributed by atoms with Crippen molar-refractivity contribution in [3.63, 3.8) is 0 Å². The number of carbonyl (C=O) groups is 2. The van der Waals surface area contributed by atoms with Gasteiger partial charge in [0.15, 0.2) is 5.78 Å². The molecule has 70 heavy (non-hydrogen) atoms. The van der Waals surface area contributed by atoms with E-state index < -0.39 is 0 Å². The molecule has 2 saturated heterocycles. The molecule has 0 bridgehead atoms. The molecule has 6 aromatic carbocycles. The third kappa shape index (κ3) is 17.8. The predicted molar refractivity (Wildman–Crippen MR) is 293 cm³/mol. The van der Waals surface area contributed by atoms with Crippen molar-refractivity contribution in [1.29, 1.82) is 10.5 Å². The topological polar surface area (TPSA) is 121 Å². The van der Waals surface area contributed by atoms with E-state index in [-0.39, 0.29) is 23.8 Å². The molecule has 0 unspecified atom stereocenters. The average molecular weight is 1070 g/mol.